The Morgan fingerprint density at radius 2 is 1.81 bits per heavy atom. The topological polar surface area (TPSA) is 75.5 Å². The quantitative estimate of drug-likeness (QED) is 0.588. The molecule has 31 heavy (non-hydrogen) atoms. The van der Waals surface area contributed by atoms with Gasteiger partial charge < -0.3 is 4.90 Å². The van der Waals surface area contributed by atoms with Crippen molar-refractivity contribution in [2.24, 2.45) is 5.92 Å². The van der Waals surface area contributed by atoms with Gasteiger partial charge >= 0.3 is 0 Å². The Hall–Kier alpha value is -2.84. The molecule has 0 radical (unpaired) electrons. The Morgan fingerprint density at radius 1 is 1.13 bits per heavy atom. The summed E-state index contributed by atoms with van der Waals surface area (Å²) in [6, 6.07) is 6.78. The third-order valence-corrected chi connectivity index (χ3v) is 7.26. The number of benzene rings is 1. The molecule has 1 aromatic carbocycles. The van der Waals surface area contributed by atoms with Crippen LogP contribution in [0.15, 0.2) is 29.1 Å². The van der Waals surface area contributed by atoms with Crippen molar-refractivity contribution >= 4 is 33.4 Å². The molecule has 3 heterocycles. The summed E-state index contributed by atoms with van der Waals surface area (Å²) in [5, 5.41) is 0.658. The third kappa shape index (κ3) is 3.21. The molecule has 0 N–H and O–H groups in total. The van der Waals surface area contributed by atoms with Gasteiger partial charge in [-0.2, -0.15) is 0 Å². The van der Waals surface area contributed by atoms with Gasteiger partial charge in [-0.3, -0.25) is 23.9 Å². The standard InChI is InChI=1S/C23H24N4O3S/c1-13-8-9-16-17(10-13)31-20-19(16)23(30)26(18(24-20)11-25(2)3)12-27-21(28)14-6-4-5-7-15(14)22(27)29/h4-7,13H,8-12H2,1-3H3. The van der Waals surface area contributed by atoms with E-state index >= 15 is 0 Å². The molecule has 7 nitrogen and oxygen atoms in total. The van der Waals surface area contributed by atoms with Crippen LogP contribution in [0.3, 0.4) is 0 Å². The third-order valence-electron chi connectivity index (χ3n) is 6.11. The number of hydrogen-bond acceptors (Lipinski definition) is 6. The van der Waals surface area contributed by atoms with Gasteiger partial charge in [-0.25, -0.2) is 4.98 Å². The van der Waals surface area contributed by atoms with Crippen molar-refractivity contribution in [1.82, 2.24) is 19.4 Å². The number of rotatable bonds is 4. The summed E-state index contributed by atoms with van der Waals surface area (Å²) in [5.41, 5.74) is 1.70. The Labute approximate surface area is 183 Å². The minimum Gasteiger partial charge on any atom is -0.302 e. The summed E-state index contributed by atoms with van der Waals surface area (Å²) in [4.78, 5) is 49.4. The van der Waals surface area contributed by atoms with Crippen LogP contribution in [0.4, 0.5) is 0 Å². The molecule has 5 rings (SSSR count). The molecular formula is C23H24N4O3S. The van der Waals surface area contributed by atoms with Gasteiger partial charge in [0.05, 0.1) is 23.1 Å². The number of aryl methyl sites for hydroxylation is 1. The minimum absolute atomic E-state index is 0.127. The molecule has 0 fully saturated rings. The maximum atomic E-state index is 13.7. The number of carbonyl (C=O) groups excluding carboxylic acids is 2. The largest absolute Gasteiger partial charge is 0.302 e. The maximum absolute atomic E-state index is 13.7. The highest BCUT2D eigenvalue weighted by Gasteiger charge is 2.36. The van der Waals surface area contributed by atoms with Crippen LogP contribution >= 0.6 is 11.3 Å². The maximum Gasteiger partial charge on any atom is 0.264 e. The van der Waals surface area contributed by atoms with Crippen LogP contribution in [0.1, 0.15) is 50.3 Å². The number of imide groups is 1. The number of fused-ring (bicyclic) bond motifs is 4. The molecule has 1 atom stereocenters. The number of hydrogen-bond donors (Lipinski definition) is 0. The Morgan fingerprint density at radius 3 is 2.45 bits per heavy atom. The van der Waals surface area contributed by atoms with Crippen LogP contribution in [0, 0.1) is 5.92 Å². The fourth-order valence-electron chi connectivity index (χ4n) is 4.52. The van der Waals surface area contributed by atoms with Crippen molar-refractivity contribution in [2.75, 3.05) is 14.1 Å². The van der Waals surface area contributed by atoms with Crippen LogP contribution in [-0.2, 0) is 26.1 Å². The molecule has 1 unspecified atom stereocenters. The first-order chi connectivity index (χ1) is 14.8. The number of carbonyl (C=O) groups is 2. The normalized spacial score (nSPS) is 18.2. The van der Waals surface area contributed by atoms with Crippen molar-refractivity contribution in [3.8, 4) is 0 Å². The van der Waals surface area contributed by atoms with Gasteiger partial charge in [-0.15, -0.1) is 11.3 Å². The molecule has 0 saturated carbocycles. The summed E-state index contributed by atoms with van der Waals surface area (Å²) in [6.07, 6.45) is 2.89. The highest BCUT2D eigenvalue weighted by atomic mass is 32.1. The first-order valence-corrected chi connectivity index (χ1v) is 11.3. The fraction of sp³-hybridized carbons (Fsp3) is 0.391. The monoisotopic (exact) mass is 436 g/mol. The summed E-state index contributed by atoms with van der Waals surface area (Å²) in [6.45, 7) is 2.55. The van der Waals surface area contributed by atoms with E-state index in [1.165, 1.54) is 9.44 Å². The first-order valence-electron chi connectivity index (χ1n) is 10.5. The number of thiophene rings is 1. The molecule has 0 spiro atoms. The van der Waals surface area contributed by atoms with Crippen molar-refractivity contribution < 1.29 is 9.59 Å². The van der Waals surface area contributed by atoms with Crippen LogP contribution in [0.5, 0.6) is 0 Å². The molecule has 3 aromatic rings. The van der Waals surface area contributed by atoms with E-state index in [9.17, 15) is 14.4 Å². The minimum atomic E-state index is -0.371. The van der Waals surface area contributed by atoms with E-state index in [-0.39, 0.29) is 24.0 Å². The van der Waals surface area contributed by atoms with Gasteiger partial charge in [0.1, 0.15) is 17.3 Å². The molecule has 8 heteroatoms. The Balaban J connectivity index is 1.64. The predicted molar refractivity (Wildman–Crippen MR) is 119 cm³/mol. The lowest BCUT2D eigenvalue weighted by atomic mass is 9.89. The van der Waals surface area contributed by atoms with Crippen molar-refractivity contribution in [1.29, 1.82) is 0 Å². The fourth-order valence-corrected chi connectivity index (χ4v) is 5.92. The SMILES string of the molecule is CC1CCc2c(sc3nc(CN(C)C)n(CN4C(=O)c5ccccc5C4=O)c(=O)c23)C1. The summed E-state index contributed by atoms with van der Waals surface area (Å²) < 4.78 is 1.51. The molecular weight excluding hydrogens is 412 g/mol. The van der Waals surface area contributed by atoms with Crippen molar-refractivity contribution in [2.45, 2.75) is 39.4 Å². The van der Waals surface area contributed by atoms with Gasteiger partial charge in [0.2, 0.25) is 0 Å². The predicted octanol–water partition coefficient (Wildman–Crippen LogP) is 2.90. The Kier molecular flexibility index (Phi) is 4.79. The lowest BCUT2D eigenvalue weighted by Crippen LogP contribution is -2.39. The van der Waals surface area contributed by atoms with E-state index < -0.39 is 0 Å². The van der Waals surface area contributed by atoms with Crippen molar-refractivity contribution in [3.63, 3.8) is 0 Å². The Bertz CT molecular complexity index is 1250. The van der Waals surface area contributed by atoms with E-state index in [4.69, 9.17) is 4.98 Å². The zero-order chi connectivity index (χ0) is 21.9. The van der Waals surface area contributed by atoms with Gasteiger partial charge in [0, 0.05) is 4.88 Å². The second-order valence-corrected chi connectivity index (χ2v) is 9.84. The van der Waals surface area contributed by atoms with Gasteiger partial charge in [-0.05, 0) is 57.0 Å². The molecule has 160 valence electrons. The average molecular weight is 437 g/mol. The van der Waals surface area contributed by atoms with Crippen LogP contribution < -0.4 is 5.56 Å². The van der Waals surface area contributed by atoms with Crippen molar-refractivity contribution in [3.05, 3.63) is 62.0 Å². The molecule has 2 amide bonds. The van der Waals surface area contributed by atoms with Gasteiger partial charge in [-0.1, -0.05) is 19.1 Å². The van der Waals surface area contributed by atoms with Crippen LogP contribution in [0.25, 0.3) is 10.2 Å². The second kappa shape index (κ2) is 7.39. The summed E-state index contributed by atoms with van der Waals surface area (Å²) >= 11 is 1.61. The number of aromatic nitrogens is 2. The lowest BCUT2D eigenvalue weighted by Gasteiger charge is -2.21. The first kappa shape index (κ1) is 20.1. The molecule has 0 bridgehead atoms. The zero-order valence-corrected chi connectivity index (χ0v) is 18.7. The van der Waals surface area contributed by atoms with E-state index in [0.29, 0.717) is 34.8 Å². The average Bonchev–Trinajstić information content (AvgIpc) is 3.20. The summed E-state index contributed by atoms with van der Waals surface area (Å²) in [7, 11) is 3.81. The van der Waals surface area contributed by atoms with E-state index in [1.807, 2.05) is 19.0 Å². The van der Waals surface area contributed by atoms with E-state index in [0.717, 1.165) is 34.6 Å². The highest BCUT2D eigenvalue weighted by molar-refractivity contribution is 7.18. The molecule has 0 saturated heterocycles. The van der Waals surface area contributed by atoms with Crippen LogP contribution in [0.2, 0.25) is 0 Å². The lowest BCUT2D eigenvalue weighted by molar-refractivity contribution is 0.0600. The molecule has 1 aliphatic carbocycles. The van der Waals surface area contributed by atoms with Crippen LogP contribution in [-0.4, -0.2) is 45.3 Å². The number of amides is 2. The number of nitrogens with zero attached hydrogens (tertiary/aromatic N) is 4. The highest BCUT2D eigenvalue weighted by Crippen LogP contribution is 2.36. The smallest absolute Gasteiger partial charge is 0.264 e. The molecule has 2 aromatic heterocycles. The van der Waals surface area contributed by atoms with Gasteiger partial charge in [0.15, 0.2) is 0 Å². The molecule has 2 aliphatic rings. The zero-order valence-electron chi connectivity index (χ0n) is 17.8. The second-order valence-electron chi connectivity index (χ2n) is 8.76. The van der Waals surface area contributed by atoms with E-state index in [1.54, 1.807) is 35.6 Å². The van der Waals surface area contributed by atoms with E-state index in [2.05, 4.69) is 6.92 Å². The van der Waals surface area contributed by atoms with Gasteiger partial charge in [0.25, 0.3) is 17.4 Å². The molecule has 1 aliphatic heterocycles. The summed E-state index contributed by atoms with van der Waals surface area (Å²) in [5.74, 6) is 0.419.